The zero-order valence-corrected chi connectivity index (χ0v) is 13.1. The van der Waals surface area contributed by atoms with E-state index in [1.807, 2.05) is 11.9 Å². The second-order valence-corrected chi connectivity index (χ2v) is 6.92. The third-order valence-electron chi connectivity index (χ3n) is 5.21. The molecular formula is C16H21FN2O3. The van der Waals surface area contributed by atoms with Gasteiger partial charge in [0.15, 0.2) is 0 Å². The van der Waals surface area contributed by atoms with E-state index in [4.69, 9.17) is 4.74 Å². The number of hydrogen-bond acceptors (Lipinski definition) is 4. The van der Waals surface area contributed by atoms with Gasteiger partial charge < -0.3 is 4.74 Å². The largest absolute Gasteiger partial charge is 0.377 e. The SMILES string of the molecule is CN(Cc1c(F)cccc1[N+](=O)[O-])[C@@H]1[C@H]2CCO[C@@H]2C1(C)C. The Morgan fingerprint density at radius 3 is 2.91 bits per heavy atom. The first-order valence-electron chi connectivity index (χ1n) is 7.57. The first kappa shape index (κ1) is 15.4. The summed E-state index contributed by atoms with van der Waals surface area (Å²) in [6.07, 6.45) is 1.25. The molecule has 1 aliphatic carbocycles. The molecule has 1 heterocycles. The molecule has 1 saturated heterocycles. The van der Waals surface area contributed by atoms with Crippen molar-refractivity contribution in [2.45, 2.75) is 39.0 Å². The number of hydrogen-bond donors (Lipinski definition) is 0. The van der Waals surface area contributed by atoms with Crippen molar-refractivity contribution in [3.05, 3.63) is 39.7 Å². The quantitative estimate of drug-likeness (QED) is 0.634. The second-order valence-electron chi connectivity index (χ2n) is 6.92. The number of nitrogens with zero attached hydrogens (tertiary/aromatic N) is 2. The second kappa shape index (κ2) is 5.28. The first-order chi connectivity index (χ1) is 10.3. The number of nitro groups is 1. The molecule has 6 heteroatoms. The maximum absolute atomic E-state index is 14.1. The summed E-state index contributed by atoms with van der Waals surface area (Å²) in [7, 11) is 1.91. The monoisotopic (exact) mass is 308 g/mol. The van der Waals surface area contributed by atoms with Gasteiger partial charge in [0, 0.05) is 36.6 Å². The minimum absolute atomic E-state index is 0.0179. The molecule has 2 aliphatic rings. The molecule has 0 N–H and O–H groups in total. The van der Waals surface area contributed by atoms with Crippen LogP contribution in [0.25, 0.3) is 0 Å². The number of nitro benzene ring substituents is 1. The minimum Gasteiger partial charge on any atom is -0.377 e. The fourth-order valence-electron chi connectivity index (χ4n) is 4.42. The molecule has 0 bridgehead atoms. The smallest absolute Gasteiger partial charge is 0.276 e. The maximum Gasteiger partial charge on any atom is 0.276 e. The number of ether oxygens (including phenoxy) is 1. The lowest BCUT2D eigenvalue weighted by Crippen LogP contribution is -2.65. The number of fused-ring (bicyclic) bond motifs is 1. The van der Waals surface area contributed by atoms with E-state index in [0.29, 0.717) is 5.92 Å². The Hall–Kier alpha value is -1.53. The molecule has 1 aliphatic heterocycles. The zero-order valence-electron chi connectivity index (χ0n) is 13.1. The Morgan fingerprint density at radius 2 is 2.23 bits per heavy atom. The van der Waals surface area contributed by atoms with Crippen LogP contribution in [0.1, 0.15) is 25.8 Å². The van der Waals surface area contributed by atoms with Crippen LogP contribution in [0.5, 0.6) is 0 Å². The highest BCUT2D eigenvalue weighted by molar-refractivity contribution is 5.41. The summed E-state index contributed by atoms with van der Waals surface area (Å²) in [6.45, 7) is 5.30. The van der Waals surface area contributed by atoms with Crippen molar-refractivity contribution in [1.29, 1.82) is 0 Å². The molecule has 3 rings (SSSR count). The van der Waals surface area contributed by atoms with Gasteiger partial charge in [0.1, 0.15) is 5.82 Å². The van der Waals surface area contributed by atoms with Crippen LogP contribution in [-0.4, -0.2) is 35.6 Å². The van der Waals surface area contributed by atoms with Gasteiger partial charge in [-0.15, -0.1) is 0 Å². The Morgan fingerprint density at radius 1 is 1.50 bits per heavy atom. The highest BCUT2D eigenvalue weighted by Crippen LogP contribution is 2.54. The van der Waals surface area contributed by atoms with Crippen LogP contribution >= 0.6 is 0 Å². The lowest BCUT2D eigenvalue weighted by molar-refractivity contribution is -0.386. The van der Waals surface area contributed by atoms with Crippen LogP contribution in [0, 0.1) is 27.3 Å². The summed E-state index contributed by atoms with van der Waals surface area (Å²) < 4.78 is 19.8. The van der Waals surface area contributed by atoms with E-state index in [9.17, 15) is 14.5 Å². The van der Waals surface area contributed by atoms with Gasteiger partial charge >= 0.3 is 0 Å². The molecule has 0 radical (unpaired) electrons. The lowest BCUT2D eigenvalue weighted by Gasteiger charge is -2.58. The van der Waals surface area contributed by atoms with Crippen LogP contribution in [0.15, 0.2) is 18.2 Å². The fourth-order valence-corrected chi connectivity index (χ4v) is 4.42. The van der Waals surface area contributed by atoms with Crippen LogP contribution in [0.4, 0.5) is 10.1 Å². The molecule has 2 fully saturated rings. The third-order valence-corrected chi connectivity index (χ3v) is 5.21. The number of halogens is 1. The molecule has 1 aromatic rings. The molecule has 0 amide bonds. The Balaban J connectivity index is 1.84. The summed E-state index contributed by atoms with van der Waals surface area (Å²) in [4.78, 5) is 12.6. The Kier molecular flexibility index (Phi) is 3.69. The van der Waals surface area contributed by atoms with Crippen molar-refractivity contribution in [3.8, 4) is 0 Å². The van der Waals surface area contributed by atoms with E-state index < -0.39 is 10.7 Å². The molecular weight excluding hydrogens is 287 g/mol. The molecule has 120 valence electrons. The molecule has 1 saturated carbocycles. The standard InChI is InChI=1S/C16H21FN2O3/c1-16(2)14(10-7-8-22-15(10)16)18(3)9-11-12(17)5-4-6-13(11)19(20)21/h4-6,10,14-15H,7-9H2,1-3H3/t10-,14-,15+/m1/s1. The van der Waals surface area contributed by atoms with Crippen LogP contribution in [0.3, 0.4) is 0 Å². The van der Waals surface area contributed by atoms with E-state index in [0.717, 1.165) is 13.0 Å². The fraction of sp³-hybridized carbons (Fsp3) is 0.625. The van der Waals surface area contributed by atoms with Crippen molar-refractivity contribution in [1.82, 2.24) is 4.90 Å². The molecule has 3 atom stereocenters. The van der Waals surface area contributed by atoms with Crippen molar-refractivity contribution >= 4 is 5.69 Å². The lowest BCUT2D eigenvalue weighted by atomic mass is 9.57. The highest BCUT2D eigenvalue weighted by Gasteiger charge is 2.60. The van der Waals surface area contributed by atoms with Gasteiger partial charge in [0.05, 0.1) is 16.6 Å². The van der Waals surface area contributed by atoms with Crippen LogP contribution < -0.4 is 0 Å². The summed E-state index contributed by atoms with van der Waals surface area (Å²) in [6, 6.07) is 4.27. The molecule has 0 spiro atoms. The normalized spacial score (nSPS) is 29.2. The number of benzene rings is 1. The Labute approximate surface area is 129 Å². The van der Waals surface area contributed by atoms with Crippen molar-refractivity contribution in [3.63, 3.8) is 0 Å². The van der Waals surface area contributed by atoms with Gasteiger partial charge in [-0.05, 0) is 19.5 Å². The first-order valence-corrected chi connectivity index (χ1v) is 7.57. The topological polar surface area (TPSA) is 55.6 Å². The molecule has 5 nitrogen and oxygen atoms in total. The Bertz CT molecular complexity index is 605. The van der Waals surface area contributed by atoms with Crippen molar-refractivity contribution < 1.29 is 14.1 Å². The molecule has 1 aromatic carbocycles. The van der Waals surface area contributed by atoms with Gasteiger partial charge in [0.2, 0.25) is 0 Å². The van der Waals surface area contributed by atoms with E-state index in [2.05, 4.69) is 13.8 Å². The van der Waals surface area contributed by atoms with Gasteiger partial charge in [-0.25, -0.2) is 4.39 Å². The summed E-state index contributed by atoms with van der Waals surface area (Å²) in [5.74, 6) is -0.0803. The molecule has 0 aromatic heterocycles. The maximum atomic E-state index is 14.1. The van der Waals surface area contributed by atoms with Gasteiger partial charge in [-0.2, -0.15) is 0 Å². The minimum atomic E-state index is -0.516. The molecule has 0 unspecified atom stereocenters. The zero-order chi connectivity index (χ0) is 16.1. The summed E-state index contributed by atoms with van der Waals surface area (Å²) in [5, 5.41) is 11.1. The highest BCUT2D eigenvalue weighted by atomic mass is 19.1. The van der Waals surface area contributed by atoms with E-state index in [1.165, 1.54) is 18.2 Å². The predicted octanol–water partition coefficient (Wildman–Crippen LogP) is 2.98. The molecule has 22 heavy (non-hydrogen) atoms. The van der Waals surface area contributed by atoms with E-state index in [-0.39, 0.29) is 35.4 Å². The average Bonchev–Trinajstić information content (AvgIpc) is 2.86. The predicted molar refractivity (Wildman–Crippen MR) is 79.9 cm³/mol. The van der Waals surface area contributed by atoms with Crippen LogP contribution in [0.2, 0.25) is 0 Å². The van der Waals surface area contributed by atoms with E-state index >= 15 is 0 Å². The average molecular weight is 308 g/mol. The van der Waals surface area contributed by atoms with Crippen molar-refractivity contribution in [2.75, 3.05) is 13.7 Å². The van der Waals surface area contributed by atoms with Gasteiger partial charge in [-0.3, -0.25) is 15.0 Å². The summed E-state index contributed by atoms with van der Waals surface area (Å²) in [5.41, 5.74) is -0.00738. The third kappa shape index (κ3) is 2.21. The summed E-state index contributed by atoms with van der Waals surface area (Å²) >= 11 is 0. The van der Waals surface area contributed by atoms with Crippen molar-refractivity contribution in [2.24, 2.45) is 11.3 Å². The number of rotatable bonds is 4. The van der Waals surface area contributed by atoms with Gasteiger partial charge in [-0.1, -0.05) is 19.9 Å². The van der Waals surface area contributed by atoms with Gasteiger partial charge in [0.25, 0.3) is 5.69 Å². The van der Waals surface area contributed by atoms with E-state index in [1.54, 1.807) is 0 Å². The van der Waals surface area contributed by atoms with Crippen LogP contribution in [-0.2, 0) is 11.3 Å².